The van der Waals surface area contributed by atoms with Crippen molar-refractivity contribution >= 4 is 205 Å². The lowest BCUT2D eigenvalue weighted by Gasteiger charge is -2.14. The number of benzene rings is 20. The number of hydrogen-bond donors (Lipinski definition) is 0. The fourth-order valence-corrected chi connectivity index (χ4v) is 22.4. The molecule has 7 heterocycles. The molecule has 0 unspecified atom stereocenters. The maximum Gasteiger partial charge on any atom is 0.235 e. The number of para-hydroxylation sites is 1. The molecule has 0 saturated heterocycles. The molecule has 1 aliphatic rings. The van der Waals surface area contributed by atoms with Gasteiger partial charge < -0.3 is 8.83 Å². The highest BCUT2D eigenvalue weighted by Gasteiger charge is 2.30. The molecule has 0 saturated carbocycles. The molecular weight excluding hydrogens is 1610 g/mol. The van der Waals surface area contributed by atoms with E-state index < -0.39 is 0 Å². The highest BCUT2D eigenvalue weighted by atomic mass is 35.5. The molecule has 0 fully saturated rings. The average Bonchev–Trinajstić information content (AvgIpc) is 1.54. The largest absolute Gasteiger partial charge is 0.456 e. The van der Waals surface area contributed by atoms with Crippen LogP contribution in [-0.4, -0.2) is 24.5 Å². The third kappa shape index (κ3) is 11.8. The molecule has 7 nitrogen and oxygen atoms in total. The van der Waals surface area contributed by atoms with Crippen LogP contribution in [0.4, 0.5) is 0 Å². The van der Waals surface area contributed by atoms with Gasteiger partial charge in [-0.05, 0) is 196 Å². The van der Waals surface area contributed by atoms with Gasteiger partial charge in [0.2, 0.25) is 11.2 Å². The summed E-state index contributed by atoms with van der Waals surface area (Å²) in [6, 6.07) is 143. The Balaban J connectivity index is 0.000000112. The Bertz CT molecular complexity index is 9310. The fourth-order valence-electron chi connectivity index (χ4n) is 20.1. The minimum absolute atomic E-state index is 0.263. The van der Waals surface area contributed by atoms with Crippen molar-refractivity contribution in [3.8, 4) is 84.1 Å². The molecule has 20 aromatic carbocycles. The zero-order valence-electron chi connectivity index (χ0n) is 68.1. The molecule has 1 aliphatic carbocycles. The fraction of sp³-hybridized carbons (Fsp3) is 0.00855. The van der Waals surface area contributed by atoms with E-state index in [1.807, 2.05) is 53.0 Å². The monoisotopic (exact) mass is 1670 g/mol. The Morgan fingerprint density at radius 1 is 0.268 bits per heavy atom. The Hall–Kier alpha value is -15.8. The Morgan fingerprint density at radius 3 is 1.28 bits per heavy atom. The van der Waals surface area contributed by atoms with Crippen molar-refractivity contribution in [1.29, 1.82) is 0 Å². The standard InChI is InChI=1S/C58H33N3OS.C35H20OS.C24H15ClN2/c1-2-13-34(14-3-1)36-16-12-17-39(31-36)54-46-29-25-35-15-4-5-18-40(35)55(46)60-58(59-54)61-48-23-10-8-22-44(48)52-42-20-6-7-21-43(42)53-45-28-26-38(33-49(45)62-57(53)56(52)61)37-27-30-51-47(32-37)41-19-9-11-24-50(41)63-51;1-2-8-23-22(7-1)18-29-33(23)25-10-3-4-11-26(25)34-27-15-13-21(19-30(27)36-35(29)34)20-14-16-32-28(17-20)24-9-5-6-12-31(24)37-32;25-24-26-22(19-11-6-10-18(15-19)16-7-2-1-3-8-16)21-14-13-17-9-4-5-12-20(17)23(21)27-24/h1-33H;1-17,19H,18H2;1-15H. The summed E-state index contributed by atoms with van der Waals surface area (Å²) < 4.78 is 21.5. The zero-order chi connectivity index (χ0) is 83.5. The first-order valence-corrected chi connectivity index (χ1v) is 44.9. The number of hydrogen-bond acceptors (Lipinski definition) is 8. The second-order valence-electron chi connectivity index (χ2n) is 33.0. The van der Waals surface area contributed by atoms with Gasteiger partial charge in [0.25, 0.3) is 0 Å². The summed E-state index contributed by atoms with van der Waals surface area (Å²) in [5.41, 5.74) is 25.9. The lowest BCUT2D eigenvalue weighted by atomic mass is 9.93. The van der Waals surface area contributed by atoms with Gasteiger partial charge in [0.15, 0.2) is 5.58 Å². The van der Waals surface area contributed by atoms with Crippen LogP contribution in [0.5, 0.6) is 0 Å². The number of halogens is 1. The van der Waals surface area contributed by atoms with Crippen molar-refractivity contribution in [2.75, 3.05) is 0 Å². The van der Waals surface area contributed by atoms with Gasteiger partial charge in [-0.1, -0.05) is 309 Å². The number of nitrogens with zero attached hydrogens (tertiary/aromatic N) is 5. The molecule has 27 aromatic rings. The summed E-state index contributed by atoms with van der Waals surface area (Å²) in [4.78, 5) is 20.3. The minimum atomic E-state index is 0.263. The topological polar surface area (TPSA) is 82.8 Å². The van der Waals surface area contributed by atoms with Crippen molar-refractivity contribution in [3.05, 3.63) is 417 Å². The molecule has 0 N–H and O–H groups in total. The summed E-state index contributed by atoms with van der Waals surface area (Å²) in [5.74, 6) is 0.596. The van der Waals surface area contributed by atoms with E-state index in [0.29, 0.717) is 5.95 Å². The van der Waals surface area contributed by atoms with Crippen LogP contribution in [0.3, 0.4) is 0 Å². The van der Waals surface area contributed by atoms with Gasteiger partial charge in [0.05, 0.1) is 27.9 Å². The molecule has 0 amide bonds. The Labute approximate surface area is 740 Å². The van der Waals surface area contributed by atoms with E-state index in [4.69, 9.17) is 30.4 Å². The van der Waals surface area contributed by atoms with E-state index >= 15 is 0 Å². The third-order valence-electron chi connectivity index (χ3n) is 25.9. The maximum absolute atomic E-state index is 7.23. The molecule has 10 heteroatoms. The number of fused-ring (bicyclic) bond motifs is 32. The number of thiophene rings is 2. The van der Waals surface area contributed by atoms with E-state index in [1.165, 1.54) is 106 Å². The molecule has 0 spiro atoms. The molecular formula is C117H68ClN5O2S2. The first-order valence-electron chi connectivity index (χ1n) is 42.8. The molecule has 0 atom stereocenters. The van der Waals surface area contributed by atoms with E-state index in [-0.39, 0.29) is 5.28 Å². The molecule has 7 aromatic heterocycles. The predicted octanol–water partition coefficient (Wildman–Crippen LogP) is 33.4. The molecule has 127 heavy (non-hydrogen) atoms. The summed E-state index contributed by atoms with van der Waals surface area (Å²) in [6.45, 7) is 0. The second kappa shape index (κ2) is 29.2. The van der Waals surface area contributed by atoms with E-state index in [9.17, 15) is 0 Å². The third-order valence-corrected chi connectivity index (χ3v) is 28.4. The summed E-state index contributed by atoms with van der Waals surface area (Å²) >= 11 is 10.0. The van der Waals surface area contributed by atoms with Crippen molar-refractivity contribution in [1.82, 2.24) is 24.5 Å². The van der Waals surface area contributed by atoms with Crippen molar-refractivity contribution in [3.63, 3.8) is 0 Å². The van der Waals surface area contributed by atoms with Crippen LogP contribution < -0.4 is 0 Å². The zero-order valence-corrected chi connectivity index (χ0v) is 70.4. The highest BCUT2D eigenvalue weighted by Crippen LogP contribution is 2.52. The lowest BCUT2D eigenvalue weighted by molar-refractivity contribution is 0.665. The maximum atomic E-state index is 7.23. The molecule has 0 aliphatic heterocycles. The van der Waals surface area contributed by atoms with Gasteiger partial charge in [0, 0.05) is 117 Å². The quantitative estimate of drug-likeness (QED) is 0.117. The first kappa shape index (κ1) is 72.8. The molecule has 0 radical (unpaired) electrons. The number of aromatic nitrogens is 5. The van der Waals surface area contributed by atoms with Crippen molar-refractivity contribution in [2.24, 2.45) is 0 Å². The van der Waals surface area contributed by atoms with Gasteiger partial charge in [-0.15, -0.1) is 22.7 Å². The number of rotatable bonds is 7. The van der Waals surface area contributed by atoms with Crippen LogP contribution in [0.1, 0.15) is 11.1 Å². The van der Waals surface area contributed by atoms with Crippen LogP contribution in [0.15, 0.2) is 409 Å². The summed E-state index contributed by atoms with van der Waals surface area (Å²) in [7, 11) is 0. The van der Waals surface area contributed by atoms with Crippen LogP contribution in [0.2, 0.25) is 5.28 Å². The van der Waals surface area contributed by atoms with E-state index in [1.54, 1.807) is 0 Å². The average molecular weight is 1680 g/mol. The van der Waals surface area contributed by atoms with Gasteiger partial charge in [-0.2, -0.15) is 0 Å². The van der Waals surface area contributed by atoms with Gasteiger partial charge >= 0.3 is 0 Å². The smallest absolute Gasteiger partial charge is 0.235 e. The SMILES string of the molecule is Clc1nc(-c2cccc(-c3ccccc3)c2)c2ccc3ccccc3c2n1.c1ccc(-c2cccc(-c3nc(-n4c5ccccc5c5c6ccccc6c6c7ccc(-c8ccc9sc%10ccccc%10c9c8)cc7oc6c54)nc4c3ccc3ccccc34)c2)cc1.c1ccc2c(c1)Cc1c-2c2ccccc2c2c1oc1cc(-c3ccc4sc5ccccc5c4c3)ccc12. The van der Waals surface area contributed by atoms with Gasteiger partial charge in [0.1, 0.15) is 22.3 Å². The highest BCUT2D eigenvalue weighted by molar-refractivity contribution is 7.26. The molecule has 592 valence electrons. The van der Waals surface area contributed by atoms with Crippen LogP contribution in [-0.2, 0) is 6.42 Å². The van der Waals surface area contributed by atoms with Gasteiger partial charge in [-0.3, -0.25) is 4.57 Å². The van der Waals surface area contributed by atoms with Crippen molar-refractivity contribution < 1.29 is 8.83 Å². The van der Waals surface area contributed by atoms with Crippen LogP contribution in [0, 0.1) is 0 Å². The van der Waals surface area contributed by atoms with Gasteiger partial charge in [-0.25, -0.2) is 19.9 Å². The normalized spacial score (nSPS) is 12.1. The second-order valence-corrected chi connectivity index (χ2v) is 35.5. The van der Waals surface area contributed by atoms with Crippen LogP contribution in [0.25, 0.3) is 255 Å². The lowest BCUT2D eigenvalue weighted by Crippen LogP contribution is -2.04. The molecule has 28 rings (SSSR count). The Kier molecular flexibility index (Phi) is 16.8. The predicted molar refractivity (Wildman–Crippen MR) is 536 cm³/mol. The number of furan rings is 2. The molecule has 0 bridgehead atoms. The van der Waals surface area contributed by atoms with E-state index in [0.717, 1.165) is 160 Å². The summed E-state index contributed by atoms with van der Waals surface area (Å²) in [6.07, 6.45) is 0.918. The van der Waals surface area contributed by atoms with Crippen LogP contribution >= 0.6 is 34.3 Å². The minimum Gasteiger partial charge on any atom is -0.456 e. The van der Waals surface area contributed by atoms with Crippen molar-refractivity contribution in [2.45, 2.75) is 6.42 Å². The summed E-state index contributed by atoms with van der Waals surface area (Å²) in [5, 5.41) is 23.7. The first-order chi connectivity index (χ1) is 62.9. The Morgan fingerprint density at radius 2 is 0.685 bits per heavy atom. The van der Waals surface area contributed by atoms with E-state index in [2.05, 4.69) is 385 Å².